The van der Waals surface area contributed by atoms with Crippen LogP contribution >= 0.6 is 0 Å². The van der Waals surface area contributed by atoms with Crippen molar-refractivity contribution in [3.05, 3.63) is 35.4 Å². The second kappa shape index (κ2) is 3.46. The molecule has 1 saturated carbocycles. The van der Waals surface area contributed by atoms with E-state index in [1.165, 1.54) is 18.4 Å². The largest absolute Gasteiger partial charge is 0.386 e. The van der Waals surface area contributed by atoms with Crippen molar-refractivity contribution in [3.8, 4) is 0 Å². The minimum Gasteiger partial charge on any atom is -0.386 e. The van der Waals surface area contributed by atoms with E-state index in [-0.39, 0.29) is 0 Å². The topological polar surface area (TPSA) is 20.2 Å². The van der Waals surface area contributed by atoms with Gasteiger partial charge in [-0.3, -0.25) is 0 Å². The zero-order valence-electron chi connectivity index (χ0n) is 7.41. The average Bonchev–Trinajstić information content (AvgIpc) is 3.00. The molecule has 0 amide bonds. The molecule has 1 atom stereocenters. The van der Waals surface area contributed by atoms with Crippen LogP contribution in [0.4, 0.5) is 4.39 Å². The standard InChI is InChI=1S/C11H13FO/c12-7-11(13)10-3-1-2-9(6-10)8-4-5-8/h1-3,6,8,11,13H,4-5,7H2. The maximum Gasteiger partial charge on any atom is 0.119 e. The van der Waals surface area contributed by atoms with E-state index < -0.39 is 12.8 Å². The van der Waals surface area contributed by atoms with Gasteiger partial charge >= 0.3 is 0 Å². The summed E-state index contributed by atoms with van der Waals surface area (Å²) in [4.78, 5) is 0. The van der Waals surface area contributed by atoms with E-state index in [4.69, 9.17) is 0 Å². The first-order valence-electron chi connectivity index (χ1n) is 4.65. The Kier molecular flexibility index (Phi) is 2.32. The van der Waals surface area contributed by atoms with Crippen molar-refractivity contribution in [2.24, 2.45) is 0 Å². The van der Waals surface area contributed by atoms with Crippen molar-refractivity contribution in [3.63, 3.8) is 0 Å². The Balaban J connectivity index is 2.21. The highest BCUT2D eigenvalue weighted by Crippen LogP contribution is 2.40. The van der Waals surface area contributed by atoms with Gasteiger partial charge in [0.2, 0.25) is 0 Å². The van der Waals surface area contributed by atoms with Crippen LogP contribution in [0.1, 0.15) is 36.0 Å². The zero-order valence-corrected chi connectivity index (χ0v) is 7.41. The van der Waals surface area contributed by atoms with Crippen LogP contribution in [0.2, 0.25) is 0 Å². The summed E-state index contributed by atoms with van der Waals surface area (Å²) in [5.74, 6) is 0.659. The van der Waals surface area contributed by atoms with Gasteiger partial charge in [-0.2, -0.15) is 0 Å². The van der Waals surface area contributed by atoms with Crippen molar-refractivity contribution < 1.29 is 9.50 Å². The molecule has 2 rings (SSSR count). The smallest absolute Gasteiger partial charge is 0.119 e. The Morgan fingerprint density at radius 1 is 1.46 bits per heavy atom. The van der Waals surface area contributed by atoms with E-state index in [9.17, 15) is 9.50 Å². The van der Waals surface area contributed by atoms with E-state index >= 15 is 0 Å². The molecule has 1 aromatic rings. The minimum atomic E-state index is -0.946. The first kappa shape index (κ1) is 8.70. The molecule has 1 aromatic carbocycles. The van der Waals surface area contributed by atoms with Gasteiger partial charge < -0.3 is 5.11 Å². The predicted molar refractivity (Wildman–Crippen MR) is 49.4 cm³/mol. The molecule has 0 heterocycles. The van der Waals surface area contributed by atoms with Gasteiger partial charge in [-0.25, -0.2) is 4.39 Å². The lowest BCUT2D eigenvalue weighted by Crippen LogP contribution is -1.99. The lowest BCUT2D eigenvalue weighted by atomic mass is 10.0. The zero-order chi connectivity index (χ0) is 9.26. The third-order valence-electron chi connectivity index (χ3n) is 2.49. The highest BCUT2D eigenvalue weighted by atomic mass is 19.1. The maximum atomic E-state index is 12.2. The quantitative estimate of drug-likeness (QED) is 0.758. The Bertz CT molecular complexity index is 294. The van der Waals surface area contributed by atoms with Crippen LogP contribution in [0.5, 0.6) is 0 Å². The molecule has 1 unspecified atom stereocenters. The monoisotopic (exact) mass is 180 g/mol. The number of alkyl halides is 1. The molecule has 0 aliphatic heterocycles. The lowest BCUT2D eigenvalue weighted by Gasteiger charge is -2.07. The van der Waals surface area contributed by atoms with Crippen LogP contribution in [0.15, 0.2) is 24.3 Å². The van der Waals surface area contributed by atoms with Crippen LogP contribution < -0.4 is 0 Å². The fourth-order valence-corrected chi connectivity index (χ4v) is 1.53. The molecule has 0 aromatic heterocycles. The second-order valence-corrected chi connectivity index (χ2v) is 3.61. The molecule has 13 heavy (non-hydrogen) atoms. The van der Waals surface area contributed by atoms with E-state index in [0.29, 0.717) is 11.5 Å². The third-order valence-corrected chi connectivity index (χ3v) is 2.49. The van der Waals surface area contributed by atoms with E-state index in [0.717, 1.165) is 0 Å². The SMILES string of the molecule is OC(CF)c1cccc(C2CC2)c1. The molecule has 0 bridgehead atoms. The first-order chi connectivity index (χ1) is 6.31. The highest BCUT2D eigenvalue weighted by molar-refractivity contribution is 5.30. The van der Waals surface area contributed by atoms with E-state index in [1.54, 1.807) is 6.07 Å². The van der Waals surface area contributed by atoms with Crippen LogP contribution in [-0.4, -0.2) is 11.8 Å². The summed E-state index contributed by atoms with van der Waals surface area (Å²) in [7, 11) is 0. The number of hydrogen-bond donors (Lipinski definition) is 1. The van der Waals surface area contributed by atoms with Gasteiger partial charge in [0.05, 0.1) is 0 Å². The van der Waals surface area contributed by atoms with Gasteiger partial charge in [-0.1, -0.05) is 24.3 Å². The average molecular weight is 180 g/mol. The number of aliphatic hydroxyl groups excluding tert-OH is 1. The molecule has 1 nitrogen and oxygen atoms in total. The first-order valence-corrected chi connectivity index (χ1v) is 4.65. The van der Waals surface area contributed by atoms with Gasteiger partial charge in [-0.05, 0) is 29.9 Å². The Hall–Kier alpha value is -0.890. The molecule has 70 valence electrons. The molecule has 0 saturated heterocycles. The number of rotatable bonds is 3. The van der Waals surface area contributed by atoms with Crippen molar-refractivity contribution in [2.45, 2.75) is 24.9 Å². The van der Waals surface area contributed by atoms with Crippen LogP contribution in [0.25, 0.3) is 0 Å². The van der Waals surface area contributed by atoms with Crippen molar-refractivity contribution in [1.82, 2.24) is 0 Å². The minimum absolute atomic E-state index is 0.659. The number of halogens is 1. The van der Waals surface area contributed by atoms with Gasteiger partial charge in [-0.15, -0.1) is 0 Å². The molecule has 1 aliphatic carbocycles. The fourth-order valence-electron chi connectivity index (χ4n) is 1.53. The molecule has 1 N–H and O–H groups in total. The Morgan fingerprint density at radius 2 is 2.23 bits per heavy atom. The van der Waals surface area contributed by atoms with E-state index in [2.05, 4.69) is 0 Å². The van der Waals surface area contributed by atoms with Gasteiger partial charge in [0.25, 0.3) is 0 Å². The lowest BCUT2D eigenvalue weighted by molar-refractivity contribution is 0.141. The molecule has 1 aliphatic rings. The maximum absolute atomic E-state index is 12.2. The Labute approximate surface area is 77.2 Å². The van der Waals surface area contributed by atoms with Gasteiger partial charge in [0.1, 0.15) is 12.8 Å². The van der Waals surface area contributed by atoms with Crippen molar-refractivity contribution in [1.29, 1.82) is 0 Å². The third kappa shape index (κ3) is 1.89. The predicted octanol–water partition coefficient (Wildman–Crippen LogP) is 2.57. The number of benzene rings is 1. The normalized spacial score (nSPS) is 18.6. The van der Waals surface area contributed by atoms with Crippen LogP contribution in [0, 0.1) is 0 Å². The van der Waals surface area contributed by atoms with E-state index in [1.807, 2.05) is 18.2 Å². The molecule has 2 heteroatoms. The van der Waals surface area contributed by atoms with Gasteiger partial charge in [0.15, 0.2) is 0 Å². The fraction of sp³-hybridized carbons (Fsp3) is 0.455. The number of aliphatic hydroxyl groups is 1. The molecule has 0 radical (unpaired) electrons. The molecule has 1 fully saturated rings. The molecular weight excluding hydrogens is 167 g/mol. The van der Waals surface area contributed by atoms with Crippen LogP contribution in [0.3, 0.4) is 0 Å². The second-order valence-electron chi connectivity index (χ2n) is 3.61. The summed E-state index contributed by atoms with van der Waals surface area (Å²) in [6.45, 7) is -0.700. The Morgan fingerprint density at radius 3 is 2.85 bits per heavy atom. The van der Waals surface area contributed by atoms with Crippen molar-refractivity contribution >= 4 is 0 Å². The van der Waals surface area contributed by atoms with Crippen LogP contribution in [-0.2, 0) is 0 Å². The van der Waals surface area contributed by atoms with Crippen molar-refractivity contribution in [2.75, 3.05) is 6.67 Å². The summed E-state index contributed by atoms with van der Waals surface area (Å²) >= 11 is 0. The van der Waals surface area contributed by atoms with Gasteiger partial charge in [0, 0.05) is 0 Å². The summed E-state index contributed by atoms with van der Waals surface area (Å²) in [6.07, 6.45) is 1.52. The highest BCUT2D eigenvalue weighted by Gasteiger charge is 2.23. The summed E-state index contributed by atoms with van der Waals surface area (Å²) in [6, 6.07) is 7.63. The molecular formula is C11H13FO. The number of hydrogen-bond acceptors (Lipinski definition) is 1. The summed E-state index contributed by atoms with van der Waals surface area (Å²) < 4.78 is 12.2. The summed E-state index contributed by atoms with van der Waals surface area (Å²) in [5.41, 5.74) is 1.94. The summed E-state index contributed by atoms with van der Waals surface area (Å²) in [5, 5.41) is 9.28. The molecule has 0 spiro atoms.